The first-order chi connectivity index (χ1) is 7.72. The monoisotopic (exact) mass is 258 g/mol. The van der Waals surface area contributed by atoms with E-state index >= 15 is 0 Å². The molecule has 0 bridgehead atoms. The summed E-state index contributed by atoms with van der Waals surface area (Å²) in [7, 11) is 0. The Labute approximate surface area is 104 Å². The first-order valence-corrected chi connectivity index (χ1v) is 6.03. The molecule has 86 valence electrons. The summed E-state index contributed by atoms with van der Waals surface area (Å²) in [6.07, 6.45) is 6.17. The number of carbonyl (C=O) groups is 1. The van der Waals surface area contributed by atoms with Crippen molar-refractivity contribution >= 4 is 34.7 Å². The SMILES string of the molecule is O=CC1=C(Cl)/C(=C/N2CCCCC2)N=C1Cl. The molecule has 0 radical (unpaired) electrons. The van der Waals surface area contributed by atoms with Gasteiger partial charge in [0.2, 0.25) is 0 Å². The highest BCUT2D eigenvalue weighted by Gasteiger charge is 2.21. The van der Waals surface area contributed by atoms with Crippen LogP contribution >= 0.6 is 23.2 Å². The molecular weight excluding hydrogens is 247 g/mol. The van der Waals surface area contributed by atoms with Gasteiger partial charge in [-0.1, -0.05) is 23.2 Å². The molecule has 2 aliphatic heterocycles. The predicted molar refractivity (Wildman–Crippen MR) is 65.7 cm³/mol. The number of carbonyl (C=O) groups excluding carboxylic acids is 1. The van der Waals surface area contributed by atoms with E-state index in [1.807, 2.05) is 6.20 Å². The highest BCUT2D eigenvalue weighted by Crippen LogP contribution is 2.29. The molecule has 2 rings (SSSR count). The smallest absolute Gasteiger partial charge is 0.154 e. The fraction of sp³-hybridized carbons (Fsp3) is 0.455. The summed E-state index contributed by atoms with van der Waals surface area (Å²) >= 11 is 11.8. The third-order valence-corrected chi connectivity index (χ3v) is 3.40. The van der Waals surface area contributed by atoms with Crippen LogP contribution < -0.4 is 0 Å². The van der Waals surface area contributed by atoms with Crippen molar-refractivity contribution in [3.8, 4) is 0 Å². The van der Waals surface area contributed by atoms with Gasteiger partial charge in [-0.25, -0.2) is 4.99 Å². The molecule has 3 nitrogen and oxygen atoms in total. The quantitative estimate of drug-likeness (QED) is 0.714. The summed E-state index contributed by atoms with van der Waals surface area (Å²) in [4.78, 5) is 17.0. The maximum absolute atomic E-state index is 10.7. The van der Waals surface area contributed by atoms with E-state index in [1.165, 1.54) is 19.3 Å². The van der Waals surface area contributed by atoms with Crippen molar-refractivity contribution in [3.05, 3.63) is 22.5 Å². The van der Waals surface area contributed by atoms with Crippen LogP contribution in [0.4, 0.5) is 0 Å². The van der Waals surface area contributed by atoms with Crippen LogP contribution in [0, 0.1) is 0 Å². The molecular formula is C11H12Cl2N2O. The zero-order valence-electron chi connectivity index (χ0n) is 8.75. The minimum absolute atomic E-state index is 0.184. The lowest BCUT2D eigenvalue weighted by Gasteiger charge is -2.25. The Morgan fingerprint density at radius 3 is 2.44 bits per heavy atom. The van der Waals surface area contributed by atoms with Crippen LogP contribution in [0.1, 0.15) is 19.3 Å². The Hall–Kier alpha value is -0.800. The lowest BCUT2D eigenvalue weighted by Crippen LogP contribution is -2.24. The molecule has 1 saturated heterocycles. The molecule has 0 N–H and O–H groups in total. The van der Waals surface area contributed by atoms with E-state index in [4.69, 9.17) is 23.2 Å². The first-order valence-electron chi connectivity index (χ1n) is 5.28. The number of hydrogen-bond donors (Lipinski definition) is 0. The van der Waals surface area contributed by atoms with E-state index in [0.717, 1.165) is 13.1 Å². The molecule has 0 aliphatic carbocycles. The van der Waals surface area contributed by atoms with Gasteiger partial charge in [-0.3, -0.25) is 4.79 Å². The number of piperidine rings is 1. The summed E-state index contributed by atoms with van der Waals surface area (Å²) < 4.78 is 0. The van der Waals surface area contributed by atoms with Crippen molar-refractivity contribution in [3.63, 3.8) is 0 Å². The summed E-state index contributed by atoms with van der Waals surface area (Å²) in [6, 6.07) is 0. The van der Waals surface area contributed by atoms with Crippen LogP contribution in [-0.2, 0) is 4.79 Å². The number of halogens is 2. The van der Waals surface area contributed by atoms with Gasteiger partial charge in [0, 0.05) is 19.3 Å². The molecule has 0 aromatic heterocycles. The molecule has 0 aromatic rings. The molecule has 5 heteroatoms. The molecule has 0 spiro atoms. The highest BCUT2D eigenvalue weighted by molar-refractivity contribution is 6.73. The van der Waals surface area contributed by atoms with Crippen LogP contribution in [0.3, 0.4) is 0 Å². The summed E-state index contributed by atoms with van der Waals surface area (Å²) in [5.74, 6) is 0. The van der Waals surface area contributed by atoms with Crippen molar-refractivity contribution < 1.29 is 4.79 Å². The van der Waals surface area contributed by atoms with Gasteiger partial charge in [-0.2, -0.15) is 0 Å². The third-order valence-electron chi connectivity index (χ3n) is 2.72. The van der Waals surface area contributed by atoms with E-state index in [0.29, 0.717) is 17.0 Å². The van der Waals surface area contributed by atoms with E-state index in [9.17, 15) is 4.79 Å². The van der Waals surface area contributed by atoms with E-state index in [2.05, 4.69) is 9.89 Å². The minimum atomic E-state index is 0.184. The average molecular weight is 259 g/mol. The van der Waals surface area contributed by atoms with Crippen molar-refractivity contribution in [2.75, 3.05) is 13.1 Å². The normalized spacial score (nSPS) is 24.0. The molecule has 0 unspecified atom stereocenters. The largest absolute Gasteiger partial charge is 0.376 e. The average Bonchev–Trinajstić information content (AvgIpc) is 2.55. The van der Waals surface area contributed by atoms with Gasteiger partial charge in [-0.05, 0) is 19.3 Å². The van der Waals surface area contributed by atoms with Crippen LogP contribution in [0.15, 0.2) is 27.5 Å². The maximum atomic E-state index is 10.7. The van der Waals surface area contributed by atoms with Crippen molar-refractivity contribution in [1.29, 1.82) is 0 Å². The summed E-state index contributed by atoms with van der Waals surface area (Å²) in [5.41, 5.74) is 0.877. The fourth-order valence-corrected chi connectivity index (χ4v) is 2.35. The Kier molecular flexibility index (Phi) is 3.66. The highest BCUT2D eigenvalue weighted by atomic mass is 35.5. The summed E-state index contributed by atoms with van der Waals surface area (Å²) in [5, 5.41) is 0.536. The minimum Gasteiger partial charge on any atom is -0.376 e. The molecule has 1 fully saturated rings. The van der Waals surface area contributed by atoms with Gasteiger partial charge in [0.15, 0.2) is 6.29 Å². The molecule has 0 amide bonds. The first kappa shape index (κ1) is 11.7. The Bertz CT molecular complexity index is 393. The van der Waals surface area contributed by atoms with Crippen LogP contribution in [0.5, 0.6) is 0 Å². The van der Waals surface area contributed by atoms with Gasteiger partial charge in [0.25, 0.3) is 0 Å². The molecule has 0 saturated carbocycles. The standard InChI is InChI=1S/C11H12Cl2N2O/c12-10-8(7-16)11(13)14-9(10)6-15-4-2-1-3-5-15/h6-7H,1-5H2/b9-6-. The number of aliphatic imine (C=N–C) groups is 1. The lowest BCUT2D eigenvalue weighted by molar-refractivity contribution is -0.104. The Morgan fingerprint density at radius 2 is 1.88 bits per heavy atom. The van der Waals surface area contributed by atoms with Crippen molar-refractivity contribution in [2.24, 2.45) is 4.99 Å². The van der Waals surface area contributed by atoms with Gasteiger partial charge in [0.1, 0.15) is 10.9 Å². The van der Waals surface area contributed by atoms with Crippen molar-refractivity contribution in [2.45, 2.75) is 19.3 Å². The fourth-order valence-electron chi connectivity index (χ4n) is 1.85. The second-order valence-electron chi connectivity index (χ2n) is 3.86. The van der Waals surface area contributed by atoms with Crippen LogP contribution in [-0.4, -0.2) is 29.4 Å². The molecule has 0 aromatic carbocycles. The topological polar surface area (TPSA) is 32.7 Å². The number of rotatable bonds is 2. The zero-order chi connectivity index (χ0) is 11.5. The number of hydrogen-bond acceptors (Lipinski definition) is 3. The number of likely N-dealkylation sites (tertiary alicyclic amines) is 1. The predicted octanol–water partition coefficient (Wildman–Crippen LogP) is 2.66. The second kappa shape index (κ2) is 5.02. The molecule has 16 heavy (non-hydrogen) atoms. The van der Waals surface area contributed by atoms with E-state index in [-0.39, 0.29) is 10.7 Å². The van der Waals surface area contributed by atoms with Gasteiger partial charge >= 0.3 is 0 Å². The van der Waals surface area contributed by atoms with E-state index < -0.39 is 0 Å². The Morgan fingerprint density at radius 1 is 1.19 bits per heavy atom. The third kappa shape index (κ3) is 2.30. The number of aldehydes is 1. The number of allylic oxidation sites excluding steroid dienone is 2. The second-order valence-corrected chi connectivity index (χ2v) is 4.60. The Balaban J connectivity index is 2.19. The van der Waals surface area contributed by atoms with Gasteiger partial charge in [0.05, 0.1) is 10.6 Å². The summed E-state index contributed by atoms with van der Waals surface area (Å²) in [6.45, 7) is 2.02. The molecule has 2 aliphatic rings. The lowest BCUT2D eigenvalue weighted by atomic mass is 10.1. The zero-order valence-corrected chi connectivity index (χ0v) is 10.3. The number of nitrogens with zero attached hydrogens (tertiary/aromatic N) is 2. The van der Waals surface area contributed by atoms with Crippen LogP contribution in [0.2, 0.25) is 0 Å². The molecule has 0 atom stereocenters. The van der Waals surface area contributed by atoms with E-state index in [1.54, 1.807) is 0 Å². The van der Waals surface area contributed by atoms with Crippen LogP contribution in [0.25, 0.3) is 0 Å². The van der Waals surface area contributed by atoms with Crippen molar-refractivity contribution in [1.82, 2.24) is 4.90 Å². The van der Waals surface area contributed by atoms with Gasteiger partial charge in [-0.15, -0.1) is 0 Å². The van der Waals surface area contributed by atoms with Gasteiger partial charge < -0.3 is 4.90 Å². The maximum Gasteiger partial charge on any atom is 0.154 e. The molecule has 2 heterocycles.